The highest BCUT2D eigenvalue weighted by Crippen LogP contribution is 2.33. The smallest absolute Gasteiger partial charge is 0.165 e. The van der Waals surface area contributed by atoms with Crippen LogP contribution in [0, 0.1) is 13.8 Å². The third-order valence-electron chi connectivity index (χ3n) is 3.76. The molecule has 0 unspecified atom stereocenters. The average Bonchev–Trinajstić information content (AvgIpc) is 2.96. The van der Waals surface area contributed by atoms with Crippen LogP contribution in [0.3, 0.4) is 0 Å². The largest absolute Gasteiger partial charge is 0.486 e. The minimum absolute atomic E-state index is 0.557. The second kappa shape index (κ2) is 5.39. The molecule has 6 nitrogen and oxygen atoms in total. The van der Waals surface area contributed by atoms with E-state index in [-0.39, 0.29) is 0 Å². The molecule has 0 saturated carbocycles. The molecule has 0 fully saturated rings. The Hall–Kier alpha value is -2.89. The summed E-state index contributed by atoms with van der Waals surface area (Å²) in [4.78, 5) is 8.78. The predicted octanol–water partition coefficient (Wildman–Crippen LogP) is 2.72. The molecule has 0 radical (unpaired) electrons. The van der Waals surface area contributed by atoms with E-state index in [0.29, 0.717) is 19.0 Å². The number of pyridine rings is 1. The molecule has 2 aromatic heterocycles. The standard InChI is InChI=1S/C17H16N4O2/c1-11-5-6-18-10-14(11)17-19-12(2)20-21(17)13-3-4-15-16(9-13)23-8-7-22-15/h3-6,9-10H,7-8H2,1-2H3. The molecule has 0 amide bonds. The van der Waals surface area contributed by atoms with Crippen LogP contribution >= 0.6 is 0 Å². The summed E-state index contributed by atoms with van der Waals surface area (Å²) in [6.07, 6.45) is 3.59. The number of aromatic nitrogens is 4. The lowest BCUT2D eigenvalue weighted by molar-refractivity contribution is 0.171. The van der Waals surface area contributed by atoms with Gasteiger partial charge < -0.3 is 9.47 Å². The highest BCUT2D eigenvalue weighted by Gasteiger charge is 2.17. The number of nitrogens with zero attached hydrogens (tertiary/aromatic N) is 4. The molecule has 23 heavy (non-hydrogen) atoms. The van der Waals surface area contributed by atoms with Crippen LogP contribution in [0.15, 0.2) is 36.7 Å². The van der Waals surface area contributed by atoms with Crippen LogP contribution in [0.5, 0.6) is 11.5 Å². The van der Waals surface area contributed by atoms with E-state index in [0.717, 1.165) is 34.1 Å². The van der Waals surface area contributed by atoms with Gasteiger partial charge in [-0.25, -0.2) is 9.67 Å². The van der Waals surface area contributed by atoms with Crippen molar-refractivity contribution in [1.82, 2.24) is 19.7 Å². The van der Waals surface area contributed by atoms with E-state index in [2.05, 4.69) is 15.1 Å². The quantitative estimate of drug-likeness (QED) is 0.728. The maximum atomic E-state index is 5.66. The molecule has 0 spiro atoms. The van der Waals surface area contributed by atoms with Crippen LogP contribution in [0.2, 0.25) is 0 Å². The van der Waals surface area contributed by atoms with Crippen LogP contribution < -0.4 is 9.47 Å². The van der Waals surface area contributed by atoms with Crippen LogP contribution in [0.25, 0.3) is 17.1 Å². The van der Waals surface area contributed by atoms with Gasteiger partial charge in [-0.05, 0) is 37.6 Å². The maximum Gasteiger partial charge on any atom is 0.165 e. The Morgan fingerprint density at radius 1 is 1.04 bits per heavy atom. The summed E-state index contributed by atoms with van der Waals surface area (Å²) >= 11 is 0. The minimum atomic E-state index is 0.557. The summed E-state index contributed by atoms with van der Waals surface area (Å²) in [6, 6.07) is 7.75. The fourth-order valence-corrected chi connectivity index (χ4v) is 2.63. The van der Waals surface area contributed by atoms with Crippen molar-refractivity contribution < 1.29 is 9.47 Å². The maximum absolute atomic E-state index is 5.66. The van der Waals surface area contributed by atoms with Gasteiger partial charge in [0.2, 0.25) is 0 Å². The number of ether oxygens (including phenoxy) is 2. The Morgan fingerprint density at radius 2 is 1.87 bits per heavy atom. The number of aryl methyl sites for hydroxylation is 2. The summed E-state index contributed by atoms with van der Waals surface area (Å²) in [5, 5.41) is 4.53. The Bertz CT molecular complexity index is 873. The lowest BCUT2D eigenvalue weighted by atomic mass is 10.1. The van der Waals surface area contributed by atoms with Gasteiger partial charge in [-0.15, -0.1) is 0 Å². The zero-order valence-electron chi connectivity index (χ0n) is 13.0. The molecule has 0 N–H and O–H groups in total. The minimum Gasteiger partial charge on any atom is -0.486 e. The molecule has 3 heterocycles. The SMILES string of the molecule is Cc1nc(-c2cnccc2C)n(-c2ccc3c(c2)OCCO3)n1. The Balaban J connectivity index is 1.86. The Labute approximate surface area is 133 Å². The van der Waals surface area contributed by atoms with Crippen LogP contribution in [0.1, 0.15) is 11.4 Å². The lowest BCUT2D eigenvalue weighted by Crippen LogP contribution is -2.15. The molecule has 4 rings (SSSR count). The molecule has 1 aliphatic rings. The zero-order chi connectivity index (χ0) is 15.8. The molecule has 0 bridgehead atoms. The van der Waals surface area contributed by atoms with Gasteiger partial charge in [0.1, 0.15) is 19.0 Å². The van der Waals surface area contributed by atoms with Crippen molar-refractivity contribution >= 4 is 0 Å². The first-order valence-corrected chi connectivity index (χ1v) is 7.47. The topological polar surface area (TPSA) is 62.1 Å². The number of rotatable bonds is 2. The third kappa shape index (κ3) is 2.42. The van der Waals surface area contributed by atoms with Crippen molar-refractivity contribution in [3.63, 3.8) is 0 Å². The van der Waals surface area contributed by atoms with Gasteiger partial charge in [-0.1, -0.05) is 0 Å². The number of hydrogen-bond acceptors (Lipinski definition) is 5. The Morgan fingerprint density at radius 3 is 2.70 bits per heavy atom. The molecule has 116 valence electrons. The normalized spacial score (nSPS) is 13.1. The second-order valence-electron chi connectivity index (χ2n) is 5.41. The molecule has 0 aliphatic carbocycles. The summed E-state index contributed by atoms with van der Waals surface area (Å²) in [5.74, 6) is 2.97. The zero-order valence-corrected chi connectivity index (χ0v) is 13.0. The molecular formula is C17H16N4O2. The van der Waals surface area contributed by atoms with E-state index in [9.17, 15) is 0 Å². The molecule has 0 atom stereocenters. The molecule has 1 aromatic carbocycles. The number of fused-ring (bicyclic) bond motifs is 1. The molecular weight excluding hydrogens is 292 g/mol. The number of hydrogen-bond donors (Lipinski definition) is 0. The van der Waals surface area contributed by atoms with Gasteiger partial charge >= 0.3 is 0 Å². The van der Waals surface area contributed by atoms with Gasteiger partial charge in [0.05, 0.1) is 5.69 Å². The fraction of sp³-hybridized carbons (Fsp3) is 0.235. The first-order valence-electron chi connectivity index (χ1n) is 7.47. The van der Waals surface area contributed by atoms with Gasteiger partial charge in [0.25, 0.3) is 0 Å². The van der Waals surface area contributed by atoms with Gasteiger partial charge in [0.15, 0.2) is 17.3 Å². The van der Waals surface area contributed by atoms with Crippen molar-refractivity contribution in [3.05, 3.63) is 48.0 Å². The van der Waals surface area contributed by atoms with Crippen molar-refractivity contribution in [1.29, 1.82) is 0 Å². The number of benzene rings is 1. The third-order valence-corrected chi connectivity index (χ3v) is 3.76. The predicted molar refractivity (Wildman–Crippen MR) is 85.1 cm³/mol. The van der Waals surface area contributed by atoms with Crippen LogP contribution in [-0.4, -0.2) is 33.0 Å². The first-order chi connectivity index (χ1) is 11.2. The Kier molecular flexibility index (Phi) is 3.22. The molecule has 1 aliphatic heterocycles. The van der Waals surface area contributed by atoms with Gasteiger partial charge in [-0.2, -0.15) is 5.10 Å². The summed E-state index contributed by atoms with van der Waals surface area (Å²) in [7, 11) is 0. The van der Waals surface area contributed by atoms with Crippen molar-refractivity contribution in [2.24, 2.45) is 0 Å². The summed E-state index contributed by atoms with van der Waals surface area (Å²) < 4.78 is 13.1. The summed E-state index contributed by atoms with van der Waals surface area (Å²) in [6.45, 7) is 5.05. The van der Waals surface area contributed by atoms with Crippen LogP contribution in [-0.2, 0) is 0 Å². The van der Waals surface area contributed by atoms with Gasteiger partial charge in [-0.3, -0.25) is 4.98 Å². The average molecular weight is 308 g/mol. The molecule has 6 heteroatoms. The van der Waals surface area contributed by atoms with E-state index >= 15 is 0 Å². The van der Waals surface area contributed by atoms with E-state index in [4.69, 9.17) is 9.47 Å². The first kappa shape index (κ1) is 13.8. The highest BCUT2D eigenvalue weighted by atomic mass is 16.6. The summed E-state index contributed by atoms with van der Waals surface area (Å²) in [5.41, 5.74) is 2.95. The second-order valence-corrected chi connectivity index (χ2v) is 5.41. The van der Waals surface area contributed by atoms with Crippen molar-refractivity contribution in [2.45, 2.75) is 13.8 Å². The highest BCUT2D eigenvalue weighted by molar-refractivity contribution is 5.62. The van der Waals surface area contributed by atoms with E-state index in [1.165, 1.54) is 0 Å². The van der Waals surface area contributed by atoms with Crippen molar-refractivity contribution in [2.75, 3.05) is 13.2 Å². The van der Waals surface area contributed by atoms with E-state index < -0.39 is 0 Å². The molecule has 3 aromatic rings. The fourth-order valence-electron chi connectivity index (χ4n) is 2.63. The van der Waals surface area contributed by atoms with Crippen LogP contribution in [0.4, 0.5) is 0 Å². The van der Waals surface area contributed by atoms with Crippen molar-refractivity contribution in [3.8, 4) is 28.6 Å². The van der Waals surface area contributed by atoms with E-state index in [1.54, 1.807) is 6.20 Å². The lowest BCUT2D eigenvalue weighted by Gasteiger charge is -2.19. The van der Waals surface area contributed by atoms with E-state index in [1.807, 2.05) is 49.0 Å². The van der Waals surface area contributed by atoms with Gasteiger partial charge in [0, 0.05) is 24.0 Å². The molecule has 0 saturated heterocycles. The monoisotopic (exact) mass is 308 g/mol.